The lowest BCUT2D eigenvalue weighted by atomic mass is 10.2. The number of thioether (sulfide) groups is 1. The lowest BCUT2D eigenvalue weighted by molar-refractivity contribution is -0.120. The smallest absolute Gasteiger partial charge is 0.233 e. The van der Waals surface area contributed by atoms with E-state index in [0.29, 0.717) is 5.92 Å². The fraction of sp³-hybridized carbons (Fsp3) is 0.462. The second-order valence-electron chi connectivity index (χ2n) is 4.36. The Morgan fingerprint density at radius 1 is 1.41 bits per heavy atom. The highest BCUT2D eigenvalue weighted by molar-refractivity contribution is 9.10. The third-order valence-electron chi connectivity index (χ3n) is 2.16. The first-order valence-corrected chi connectivity index (χ1v) is 7.36. The molecule has 0 radical (unpaired) electrons. The fourth-order valence-electron chi connectivity index (χ4n) is 1.25. The highest BCUT2D eigenvalue weighted by Gasteiger charge is 2.14. The van der Waals surface area contributed by atoms with Crippen LogP contribution in [0.1, 0.15) is 20.8 Å². The number of rotatable bonds is 5. The average molecular weight is 316 g/mol. The first-order chi connectivity index (χ1) is 7.99. The zero-order valence-electron chi connectivity index (χ0n) is 10.4. The molecule has 1 atom stereocenters. The molecular weight excluding hydrogens is 298 g/mol. The largest absolute Gasteiger partial charge is 0.355 e. The van der Waals surface area contributed by atoms with Crippen LogP contribution < -0.4 is 5.32 Å². The second-order valence-corrected chi connectivity index (χ2v) is 6.69. The van der Waals surface area contributed by atoms with Gasteiger partial charge in [-0.2, -0.15) is 0 Å². The van der Waals surface area contributed by atoms with Gasteiger partial charge in [-0.15, -0.1) is 11.8 Å². The number of benzene rings is 1. The maximum Gasteiger partial charge on any atom is 0.233 e. The van der Waals surface area contributed by atoms with Gasteiger partial charge in [0.15, 0.2) is 0 Å². The van der Waals surface area contributed by atoms with E-state index in [1.807, 2.05) is 31.2 Å². The van der Waals surface area contributed by atoms with Gasteiger partial charge in [0, 0.05) is 15.9 Å². The van der Waals surface area contributed by atoms with E-state index < -0.39 is 0 Å². The van der Waals surface area contributed by atoms with Crippen molar-refractivity contribution >= 4 is 33.6 Å². The molecule has 94 valence electrons. The van der Waals surface area contributed by atoms with E-state index in [1.165, 1.54) is 0 Å². The molecule has 0 aliphatic rings. The fourth-order valence-corrected chi connectivity index (χ4v) is 2.75. The predicted molar refractivity (Wildman–Crippen MR) is 77.3 cm³/mol. The first-order valence-electron chi connectivity index (χ1n) is 5.69. The Balaban J connectivity index is 2.48. The van der Waals surface area contributed by atoms with Crippen molar-refractivity contribution in [2.45, 2.75) is 30.9 Å². The number of nitrogens with one attached hydrogen (secondary N) is 1. The van der Waals surface area contributed by atoms with Gasteiger partial charge < -0.3 is 5.32 Å². The molecule has 0 aromatic heterocycles. The van der Waals surface area contributed by atoms with Gasteiger partial charge in [-0.1, -0.05) is 35.8 Å². The van der Waals surface area contributed by atoms with E-state index in [4.69, 9.17) is 0 Å². The summed E-state index contributed by atoms with van der Waals surface area (Å²) in [5.41, 5.74) is 0. The van der Waals surface area contributed by atoms with Crippen LogP contribution in [0.4, 0.5) is 0 Å². The average Bonchev–Trinajstić information content (AvgIpc) is 2.25. The van der Waals surface area contributed by atoms with Gasteiger partial charge in [0.05, 0.1) is 5.25 Å². The summed E-state index contributed by atoms with van der Waals surface area (Å²) in [5.74, 6) is 0.589. The Morgan fingerprint density at radius 2 is 2.12 bits per heavy atom. The lowest BCUT2D eigenvalue weighted by Crippen LogP contribution is -2.33. The van der Waals surface area contributed by atoms with E-state index in [1.54, 1.807) is 11.8 Å². The van der Waals surface area contributed by atoms with Gasteiger partial charge in [-0.05, 0) is 31.0 Å². The molecule has 1 amide bonds. The Bertz CT molecular complexity index is 381. The van der Waals surface area contributed by atoms with Crippen LogP contribution in [0.15, 0.2) is 33.6 Å². The number of hydrogen-bond donors (Lipinski definition) is 1. The van der Waals surface area contributed by atoms with E-state index in [9.17, 15) is 4.79 Å². The molecule has 0 aliphatic carbocycles. The van der Waals surface area contributed by atoms with Crippen LogP contribution in [-0.2, 0) is 4.79 Å². The maximum absolute atomic E-state index is 11.8. The summed E-state index contributed by atoms with van der Waals surface area (Å²) < 4.78 is 1.04. The van der Waals surface area contributed by atoms with Crippen LogP contribution in [0.25, 0.3) is 0 Å². The number of carbonyl (C=O) groups excluding carboxylic acids is 1. The molecule has 0 fully saturated rings. The molecule has 1 rings (SSSR count). The number of hydrogen-bond acceptors (Lipinski definition) is 2. The highest BCUT2D eigenvalue weighted by atomic mass is 79.9. The highest BCUT2D eigenvalue weighted by Crippen LogP contribution is 2.25. The van der Waals surface area contributed by atoms with Crippen molar-refractivity contribution in [3.05, 3.63) is 28.7 Å². The molecule has 0 saturated carbocycles. The molecule has 1 N–H and O–H groups in total. The van der Waals surface area contributed by atoms with E-state index in [0.717, 1.165) is 15.9 Å². The number of carbonyl (C=O) groups is 1. The SMILES string of the molecule is CC(C)CNC(=O)C(C)Sc1cccc(Br)c1. The monoisotopic (exact) mass is 315 g/mol. The van der Waals surface area contributed by atoms with Crippen molar-refractivity contribution in [3.63, 3.8) is 0 Å². The van der Waals surface area contributed by atoms with Gasteiger partial charge in [-0.3, -0.25) is 4.79 Å². The zero-order valence-corrected chi connectivity index (χ0v) is 12.8. The molecule has 0 heterocycles. The third kappa shape index (κ3) is 5.59. The molecule has 0 saturated heterocycles. The van der Waals surface area contributed by atoms with Crippen LogP contribution in [0, 0.1) is 5.92 Å². The quantitative estimate of drug-likeness (QED) is 0.839. The van der Waals surface area contributed by atoms with Gasteiger partial charge >= 0.3 is 0 Å². The number of halogens is 1. The van der Waals surface area contributed by atoms with Crippen LogP contribution in [0.3, 0.4) is 0 Å². The normalized spacial score (nSPS) is 12.5. The summed E-state index contributed by atoms with van der Waals surface area (Å²) in [6.07, 6.45) is 0. The summed E-state index contributed by atoms with van der Waals surface area (Å²) in [4.78, 5) is 12.9. The molecule has 0 aliphatic heterocycles. The molecule has 1 aromatic carbocycles. The summed E-state index contributed by atoms with van der Waals surface area (Å²) in [7, 11) is 0. The topological polar surface area (TPSA) is 29.1 Å². The van der Waals surface area contributed by atoms with Gasteiger partial charge in [0.2, 0.25) is 5.91 Å². The molecule has 0 spiro atoms. The Labute approximate surface area is 116 Å². The van der Waals surface area contributed by atoms with Gasteiger partial charge in [-0.25, -0.2) is 0 Å². The van der Waals surface area contributed by atoms with Crippen molar-refractivity contribution in [3.8, 4) is 0 Å². The number of amides is 1. The van der Waals surface area contributed by atoms with Crippen LogP contribution in [-0.4, -0.2) is 17.7 Å². The molecule has 17 heavy (non-hydrogen) atoms. The molecule has 0 bridgehead atoms. The van der Waals surface area contributed by atoms with Crippen LogP contribution in [0.5, 0.6) is 0 Å². The van der Waals surface area contributed by atoms with Gasteiger partial charge in [0.1, 0.15) is 0 Å². The van der Waals surface area contributed by atoms with E-state index >= 15 is 0 Å². The molecule has 2 nitrogen and oxygen atoms in total. The minimum absolute atomic E-state index is 0.0666. The minimum atomic E-state index is -0.0666. The molecule has 1 aromatic rings. The van der Waals surface area contributed by atoms with Crippen LogP contribution in [0.2, 0.25) is 0 Å². The van der Waals surface area contributed by atoms with E-state index in [-0.39, 0.29) is 11.2 Å². The summed E-state index contributed by atoms with van der Waals surface area (Å²) in [6, 6.07) is 8.00. The predicted octanol–water partition coefficient (Wildman–Crippen LogP) is 3.70. The summed E-state index contributed by atoms with van der Waals surface area (Å²) >= 11 is 5.00. The van der Waals surface area contributed by atoms with Crippen LogP contribution >= 0.6 is 27.7 Å². The second kappa shape index (κ2) is 7.07. The Hall–Kier alpha value is -0.480. The minimum Gasteiger partial charge on any atom is -0.355 e. The maximum atomic E-state index is 11.8. The van der Waals surface area contributed by atoms with Crippen molar-refractivity contribution < 1.29 is 4.79 Å². The molecular formula is C13H18BrNOS. The first kappa shape index (κ1) is 14.6. The molecule has 4 heteroatoms. The van der Waals surface area contributed by atoms with Crippen molar-refractivity contribution in [2.75, 3.05) is 6.54 Å². The Morgan fingerprint density at radius 3 is 2.71 bits per heavy atom. The Kier molecular flexibility index (Phi) is 6.06. The van der Waals surface area contributed by atoms with Crippen molar-refractivity contribution in [1.82, 2.24) is 5.32 Å². The summed E-state index contributed by atoms with van der Waals surface area (Å²) in [5, 5.41) is 2.88. The van der Waals surface area contributed by atoms with Crippen molar-refractivity contribution in [2.24, 2.45) is 5.92 Å². The third-order valence-corrected chi connectivity index (χ3v) is 3.75. The summed E-state index contributed by atoms with van der Waals surface area (Å²) in [6.45, 7) is 6.85. The zero-order chi connectivity index (χ0) is 12.8. The lowest BCUT2D eigenvalue weighted by Gasteiger charge is -2.13. The molecule has 1 unspecified atom stereocenters. The van der Waals surface area contributed by atoms with E-state index in [2.05, 4.69) is 35.1 Å². The van der Waals surface area contributed by atoms with Crippen molar-refractivity contribution in [1.29, 1.82) is 0 Å². The van der Waals surface area contributed by atoms with Gasteiger partial charge in [0.25, 0.3) is 0 Å². The standard InChI is InChI=1S/C13H18BrNOS/c1-9(2)8-15-13(16)10(3)17-12-6-4-5-11(14)7-12/h4-7,9-10H,8H2,1-3H3,(H,15,16).